The molecule has 0 radical (unpaired) electrons. The smallest absolute Gasteiger partial charge is 0.265 e. The molecule has 0 saturated heterocycles. The summed E-state index contributed by atoms with van der Waals surface area (Å²) in [4.78, 5) is 21.2. The average Bonchev–Trinajstić information content (AvgIpc) is 2.86. The normalized spacial score (nSPS) is 15.9. The van der Waals surface area contributed by atoms with Crippen molar-refractivity contribution in [3.05, 3.63) is 65.5 Å². The summed E-state index contributed by atoms with van der Waals surface area (Å²) in [7, 11) is 0. The summed E-state index contributed by atoms with van der Waals surface area (Å²) in [6.45, 7) is 7.16. The van der Waals surface area contributed by atoms with Crippen LogP contribution in [-0.4, -0.2) is 35.7 Å². The number of nitrogens with one attached hydrogen (secondary N) is 3. The van der Waals surface area contributed by atoms with Crippen molar-refractivity contribution in [3.8, 4) is 0 Å². The van der Waals surface area contributed by atoms with E-state index >= 15 is 0 Å². The fourth-order valence-corrected chi connectivity index (χ4v) is 4.18. The van der Waals surface area contributed by atoms with Crippen LogP contribution in [0.25, 0.3) is 0 Å². The molecule has 1 atom stereocenters. The molecule has 1 saturated carbocycles. The summed E-state index contributed by atoms with van der Waals surface area (Å²) in [6.07, 6.45) is 9.76. The van der Waals surface area contributed by atoms with Crippen molar-refractivity contribution in [3.63, 3.8) is 0 Å². The molecule has 0 spiro atoms. The molecule has 3 N–H and O–H groups in total. The van der Waals surface area contributed by atoms with Crippen molar-refractivity contribution in [2.75, 3.05) is 13.1 Å². The van der Waals surface area contributed by atoms with Crippen LogP contribution in [0.15, 0.2) is 53.7 Å². The average molecular weight is 450 g/mol. The monoisotopic (exact) mass is 449 g/mol. The third-order valence-corrected chi connectivity index (χ3v) is 6.21. The standard InChI is InChI=1S/C27H39N5O/c1-21(26-11-6-7-17-30-26)32-22(2)27(33)31-20-24-14-12-23(13-15-24)19-28-16-8-18-29-25-9-4-3-5-10-25/h6-7,11-15,17,21,25,28-29H,3-5,8-10,16,18-20H2,1-2H3,(H,31,33)/b32-22-. The first kappa shape index (κ1) is 25.1. The first-order chi connectivity index (χ1) is 16.1. The fourth-order valence-electron chi connectivity index (χ4n) is 4.18. The summed E-state index contributed by atoms with van der Waals surface area (Å²) >= 11 is 0. The van der Waals surface area contributed by atoms with Crippen LogP contribution < -0.4 is 16.0 Å². The summed E-state index contributed by atoms with van der Waals surface area (Å²) in [5, 5.41) is 10.2. The predicted octanol–water partition coefficient (Wildman–Crippen LogP) is 4.32. The second-order valence-electron chi connectivity index (χ2n) is 8.96. The maximum Gasteiger partial charge on any atom is 0.265 e. The summed E-state index contributed by atoms with van der Waals surface area (Å²) < 4.78 is 0. The molecule has 1 fully saturated rings. The highest BCUT2D eigenvalue weighted by molar-refractivity contribution is 6.37. The number of hydrogen-bond donors (Lipinski definition) is 3. The SMILES string of the molecule is C/C(=N/C(C)c1ccccn1)C(=O)NCc1ccc(CNCCCNC2CCCCC2)cc1. The van der Waals surface area contributed by atoms with Gasteiger partial charge in [0.25, 0.3) is 5.91 Å². The molecule has 6 nitrogen and oxygen atoms in total. The Kier molecular flexibility index (Phi) is 10.5. The lowest BCUT2D eigenvalue weighted by atomic mass is 9.95. The number of benzene rings is 1. The Bertz CT molecular complexity index is 860. The minimum absolute atomic E-state index is 0.147. The lowest BCUT2D eigenvalue weighted by molar-refractivity contribution is -0.115. The Balaban J connectivity index is 1.31. The van der Waals surface area contributed by atoms with Crippen LogP contribution in [0.3, 0.4) is 0 Å². The lowest BCUT2D eigenvalue weighted by Crippen LogP contribution is -2.33. The summed E-state index contributed by atoms with van der Waals surface area (Å²) in [5.74, 6) is -0.148. The van der Waals surface area contributed by atoms with Crippen molar-refractivity contribution in [1.82, 2.24) is 20.9 Å². The van der Waals surface area contributed by atoms with E-state index in [0.29, 0.717) is 12.3 Å². The summed E-state index contributed by atoms with van der Waals surface area (Å²) in [6, 6.07) is 14.7. The molecule has 3 rings (SSSR count). The van der Waals surface area contributed by atoms with Gasteiger partial charge in [-0.3, -0.25) is 14.8 Å². The van der Waals surface area contributed by atoms with Crippen LogP contribution in [0.2, 0.25) is 0 Å². The number of rotatable bonds is 12. The number of nitrogens with zero attached hydrogens (tertiary/aromatic N) is 2. The van der Waals surface area contributed by atoms with Gasteiger partial charge in [0.1, 0.15) is 0 Å². The van der Waals surface area contributed by atoms with Crippen LogP contribution >= 0.6 is 0 Å². The van der Waals surface area contributed by atoms with E-state index in [0.717, 1.165) is 43.4 Å². The Hall–Kier alpha value is -2.57. The van der Waals surface area contributed by atoms with Gasteiger partial charge < -0.3 is 16.0 Å². The second kappa shape index (κ2) is 13.9. The largest absolute Gasteiger partial charge is 0.347 e. The van der Waals surface area contributed by atoms with E-state index in [1.54, 1.807) is 13.1 Å². The number of aliphatic imine (C=N–C) groups is 1. The maximum atomic E-state index is 12.4. The van der Waals surface area contributed by atoms with E-state index in [-0.39, 0.29) is 11.9 Å². The quantitative estimate of drug-likeness (QED) is 0.333. The molecule has 0 bridgehead atoms. The number of aromatic nitrogens is 1. The molecule has 178 valence electrons. The number of hydrogen-bond acceptors (Lipinski definition) is 5. The molecule has 2 aromatic rings. The molecule has 6 heteroatoms. The predicted molar refractivity (Wildman–Crippen MR) is 135 cm³/mol. The van der Waals surface area contributed by atoms with Gasteiger partial charge in [0.15, 0.2) is 0 Å². The van der Waals surface area contributed by atoms with Gasteiger partial charge >= 0.3 is 0 Å². The van der Waals surface area contributed by atoms with Gasteiger partial charge in [0.05, 0.1) is 17.4 Å². The molecule has 1 unspecified atom stereocenters. The third kappa shape index (κ3) is 9.06. The molecule has 1 aliphatic carbocycles. The zero-order valence-electron chi connectivity index (χ0n) is 20.1. The molecular formula is C27H39N5O. The zero-order valence-corrected chi connectivity index (χ0v) is 20.1. The zero-order chi connectivity index (χ0) is 23.3. The molecule has 1 amide bonds. The van der Waals surface area contributed by atoms with Crippen molar-refractivity contribution in [2.24, 2.45) is 4.99 Å². The first-order valence-electron chi connectivity index (χ1n) is 12.4. The van der Waals surface area contributed by atoms with Crippen LogP contribution in [-0.2, 0) is 17.9 Å². The van der Waals surface area contributed by atoms with Gasteiger partial charge in [-0.15, -0.1) is 0 Å². The third-order valence-electron chi connectivity index (χ3n) is 6.21. The van der Waals surface area contributed by atoms with E-state index < -0.39 is 0 Å². The highest BCUT2D eigenvalue weighted by Gasteiger charge is 2.12. The van der Waals surface area contributed by atoms with Gasteiger partial charge in [-0.25, -0.2) is 0 Å². The lowest BCUT2D eigenvalue weighted by Gasteiger charge is -2.22. The van der Waals surface area contributed by atoms with E-state index in [1.807, 2.05) is 25.1 Å². The second-order valence-corrected chi connectivity index (χ2v) is 8.96. The molecule has 1 aromatic carbocycles. The van der Waals surface area contributed by atoms with E-state index in [1.165, 1.54) is 37.7 Å². The van der Waals surface area contributed by atoms with Crippen molar-refractivity contribution >= 4 is 11.6 Å². The van der Waals surface area contributed by atoms with Crippen molar-refractivity contribution in [1.29, 1.82) is 0 Å². The number of pyridine rings is 1. The molecule has 0 aliphatic heterocycles. The van der Waals surface area contributed by atoms with E-state index in [2.05, 4.69) is 50.2 Å². The summed E-state index contributed by atoms with van der Waals surface area (Å²) in [5.41, 5.74) is 3.66. The Morgan fingerprint density at radius 2 is 1.76 bits per heavy atom. The number of amides is 1. The Labute approximate surface area is 198 Å². The highest BCUT2D eigenvalue weighted by Crippen LogP contribution is 2.17. The van der Waals surface area contributed by atoms with Gasteiger partial charge in [-0.1, -0.05) is 49.6 Å². The molecule has 1 aromatic heterocycles. The van der Waals surface area contributed by atoms with Gasteiger partial charge in [-0.05, 0) is 69.5 Å². The van der Waals surface area contributed by atoms with Crippen molar-refractivity contribution < 1.29 is 4.79 Å². The van der Waals surface area contributed by atoms with Gasteiger partial charge in [-0.2, -0.15) is 0 Å². The van der Waals surface area contributed by atoms with Gasteiger partial charge in [0, 0.05) is 25.3 Å². The van der Waals surface area contributed by atoms with Crippen LogP contribution in [0.5, 0.6) is 0 Å². The molecule has 1 aliphatic rings. The molecular weight excluding hydrogens is 410 g/mol. The Morgan fingerprint density at radius 3 is 2.45 bits per heavy atom. The van der Waals surface area contributed by atoms with Crippen LogP contribution in [0.1, 0.15) is 75.2 Å². The molecule has 1 heterocycles. The van der Waals surface area contributed by atoms with Crippen molar-refractivity contribution in [2.45, 2.75) is 77.5 Å². The van der Waals surface area contributed by atoms with E-state index in [9.17, 15) is 4.79 Å². The van der Waals surface area contributed by atoms with Crippen LogP contribution in [0.4, 0.5) is 0 Å². The Morgan fingerprint density at radius 1 is 1.03 bits per heavy atom. The van der Waals surface area contributed by atoms with Crippen LogP contribution in [0, 0.1) is 0 Å². The van der Waals surface area contributed by atoms with Gasteiger partial charge in [0.2, 0.25) is 0 Å². The van der Waals surface area contributed by atoms with E-state index in [4.69, 9.17) is 0 Å². The first-order valence-corrected chi connectivity index (χ1v) is 12.4. The number of carbonyl (C=O) groups is 1. The minimum atomic E-state index is -0.148. The maximum absolute atomic E-state index is 12.4. The topological polar surface area (TPSA) is 78.4 Å². The molecule has 33 heavy (non-hydrogen) atoms. The highest BCUT2D eigenvalue weighted by atomic mass is 16.1. The number of carbonyl (C=O) groups excluding carboxylic acids is 1. The minimum Gasteiger partial charge on any atom is -0.347 e. The fraction of sp³-hybridized carbons (Fsp3) is 0.519.